The lowest BCUT2D eigenvalue weighted by Gasteiger charge is -2.04. The van der Waals surface area contributed by atoms with Gasteiger partial charge in [0.2, 0.25) is 0 Å². The van der Waals surface area contributed by atoms with Gasteiger partial charge in [-0.15, -0.1) is 0 Å². The molecule has 74 valence electrons. The van der Waals surface area contributed by atoms with Gasteiger partial charge in [0.1, 0.15) is 5.75 Å². The first-order chi connectivity index (χ1) is 6.59. The molecule has 2 unspecified atom stereocenters. The van der Waals surface area contributed by atoms with Crippen LogP contribution in [0.4, 0.5) is 0 Å². The highest BCUT2D eigenvalue weighted by atomic mass is 16.4. The molecule has 0 amide bonds. The number of benzene rings is 1. The van der Waals surface area contributed by atoms with E-state index in [0.29, 0.717) is 0 Å². The van der Waals surface area contributed by atoms with E-state index in [0.717, 1.165) is 17.5 Å². The van der Waals surface area contributed by atoms with Crippen molar-refractivity contribution in [3.63, 3.8) is 0 Å². The molecule has 1 fully saturated rings. The maximum absolute atomic E-state index is 10.7. The summed E-state index contributed by atoms with van der Waals surface area (Å²) in [5, 5.41) is 18.0. The Hall–Kier alpha value is -1.51. The third-order valence-electron chi connectivity index (χ3n) is 2.76. The van der Waals surface area contributed by atoms with Crippen LogP contribution in [0.15, 0.2) is 18.2 Å². The number of phenolic OH excluding ortho intramolecular Hbond substituents is 1. The molecular formula is C11H12O3. The van der Waals surface area contributed by atoms with Gasteiger partial charge in [-0.1, -0.05) is 6.07 Å². The number of phenols is 1. The normalized spacial score (nSPS) is 24.6. The maximum atomic E-state index is 10.7. The molecule has 1 aromatic carbocycles. The Morgan fingerprint density at radius 1 is 1.50 bits per heavy atom. The van der Waals surface area contributed by atoms with Gasteiger partial charge < -0.3 is 10.2 Å². The van der Waals surface area contributed by atoms with E-state index in [2.05, 4.69) is 0 Å². The lowest BCUT2D eigenvalue weighted by molar-refractivity contribution is -0.138. The van der Waals surface area contributed by atoms with Gasteiger partial charge >= 0.3 is 5.97 Å². The van der Waals surface area contributed by atoms with Crippen molar-refractivity contribution in [3.05, 3.63) is 29.3 Å². The summed E-state index contributed by atoms with van der Waals surface area (Å²) in [5.41, 5.74) is 2.02. The van der Waals surface area contributed by atoms with Gasteiger partial charge in [-0.2, -0.15) is 0 Å². The standard InChI is InChI=1S/C11H12O3/c1-6-4-7(12)2-3-8(6)9-5-10(9)11(13)14/h2-4,9-10,12H,5H2,1H3,(H,13,14). The van der Waals surface area contributed by atoms with Crippen molar-refractivity contribution in [1.82, 2.24) is 0 Å². The molecule has 2 atom stereocenters. The molecule has 0 aliphatic heterocycles. The minimum atomic E-state index is -0.720. The quantitative estimate of drug-likeness (QED) is 0.752. The van der Waals surface area contributed by atoms with E-state index >= 15 is 0 Å². The molecular weight excluding hydrogens is 180 g/mol. The summed E-state index contributed by atoms with van der Waals surface area (Å²) in [6.45, 7) is 1.90. The van der Waals surface area contributed by atoms with Crippen LogP contribution in [0.5, 0.6) is 5.75 Å². The van der Waals surface area contributed by atoms with Crippen LogP contribution >= 0.6 is 0 Å². The molecule has 1 saturated carbocycles. The third kappa shape index (κ3) is 1.45. The third-order valence-corrected chi connectivity index (χ3v) is 2.76. The molecule has 2 N–H and O–H groups in total. The number of aliphatic carboxylic acids is 1. The van der Waals surface area contributed by atoms with Crippen LogP contribution < -0.4 is 0 Å². The minimum absolute atomic E-state index is 0.146. The molecule has 1 aliphatic rings. The summed E-state index contributed by atoms with van der Waals surface area (Å²) in [4.78, 5) is 10.7. The van der Waals surface area contributed by atoms with Gasteiger partial charge in [0.15, 0.2) is 0 Å². The Kier molecular flexibility index (Phi) is 1.95. The first kappa shape index (κ1) is 9.06. The Balaban J connectivity index is 2.23. The Labute approximate surface area is 82.0 Å². The molecule has 0 saturated heterocycles. The van der Waals surface area contributed by atoms with E-state index in [1.807, 2.05) is 13.0 Å². The molecule has 2 rings (SSSR count). The van der Waals surface area contributed by atoms with Gasteiger partial charge in [0.25, 0.3) is 0 Å². The van der Waals surface area contributed by atoms with Crippen LogP contribution in [0, 0.1) is 12.8 Å². The number of aryl methyl sites for hydroxylation is 1. The van der Waals surface area contributed by atoms with Crippen molar-refractivity contribution in [3.8, 4) is 5.75 Å². The predicted octanol–water partition coefficient (Wildman–Crippen LogP) is 1.89. The van der Waals surface area contributed by atoms with Crippen molar-refractivity contribution in [2.75, 3.05) is 0 Å². The zero-order valence-electron chi connectivity index (χ0n) is 7.90. The molecule has 0 bridgehead atoms. The fourth-order valence-corrected chi connectivity index (χ4v) is 1.89. The SMILES string of the molecule is Cc1cc(O)ccc1C1CC1C(=O)O. The van der Waals surface area contributed by atoms with Gasteiger partial charge in [-0.05, 0) is 42.5 Å². The highest BCUT2D eigenvalue weighted by Gasteiger charge is 2.44. The number of rotatable bonds is 2. The number of carboxylic acid groups (broad SMARTS) is 1. The first-order valence-electron chi connectivity index (χ1n) is 4.62. The van der Waals surface area contributed by atoms with Crippen LogP contribution in [-0.2, 0) is 4.79 Å². The second-order valence-electron chi connectivity index (χ2n) is 3.83. The van der Waals surface area contributed by atoms with Crippen molar-refractivity contribution < 1.29 is 15.0 Å². The molecule has 0 heterocycles. The number of hydrogen-bond acceptors (Lipinski definition) is 2. The maximum Gasteiger partial charge on any atom is 0.307 e. The zero-order valence-corrected chi connectivity index (χ0v) is 7.90. The molecule has 0 radical (unpaired) electrons. The van der Waals surface area contributed by atoms with Gasteiger partial charge in [0, 0.05) is 0 Å². The lowest BCUT2D eigenvalue weighted by atomic mass is 10.0. The summed E-state index contributed by atoms with van der Waals surface area (Å²) >= 11 is 0. The van der Waals surface area contributed by atoms with Crippen LogP contribution in [0.3, 0.4) is 0 Å². The van der Waals surface area contributed by atoms with Crippen molar-refractivity contribution >= 4 is 5.97 Å². The minimum Gasteiger partial charge on any atom is -0.508 e. The largest absolute Gasteiger partial charge is 0.508 e. The van der Waals surface area contributed by atoms with Crippen molar-refractivity contribution in [1.29, 1.82) is 0 Å². The number of carboxylic acids is 1. The molecule has 1 aromatic rings. The smallest absolute Gasteiger partial charge is 0.307 e. The second-order valence-corrected chi connectivity index (χ2v) is 3.83. The van der Waals surface area contributed by atoms with Gasteiger partial charge in [-0.3, -0.25) is 4.79 Å². The van der Waals surface area contributed by atoms with E-state index in [1.54, 1.807) is 12.1 Å². The monoisotopic (exact) mass is 192 g/mol. The number of carbonyl (C=O) groups is 1. The highest BCUT2D eigenvalue weighted by molar-refractivity contribution is 5.75. The van der Waals surface area contributed by atoms with Crippen LogP contribution in [-0.4, -0.2) is 16.2 Å². The summed E-state index contributed by atoms with van der Waals surface area (Å²) in [7, 11) is 0. The highest BCUT2D eigenvalue weighted by Crippen LogP contribution is 2.48. The van der Waals surface area contributed by atoms with Crippen LogP contribution in [0.25, 0.3) is 0 Å². The molecule has 0 aromatic heterocycles. The molecule has 3 nitrogen and oxygen atoms in total. The van der Waals surface area contributed by atoms with E-state index in [1.165, 1.54) is 0 Å². The lowest BCUT2D eigenvalue weighted by Crippen LogP contribution is -1.99. The van der Waals surface area contributed by atoms with Crippen molar-refractivity contribution in [2.24, 2.45) is 5.92 Å². The summed E-state index contributed by atoms with van der Waals surface area (Å²) in [6, 6.07) is 5.10. The Bertz CT molecular complexity index is 384. The fraction of sp³-hybridized carbons (Fsp3) is 0.364. The fourth-order valence-electron chi connectivity index (χ4n) is 1.89. The number of hydrogen-bond donors (Lipinski definition) is 2. The molecule has 3 heteroatoms. The van der Waals surface area contributed by atoms with Crippen LogP contribution in [0.2, 0.25) is 0 Å². The Morgan fingerprint density at radius 2 is 2.21 bits per heavy atom. The zero-order chi connectivity index (χ0) is 10.3. The van der Waals surface area contributed by atoms with E-state index in [4.69, 9.17) is 5.11 Å². The summed E-state index contributed by atoms with van der Waals surface area (Å²) in [6.07, 6.45) is 0.723. The van der Waals surface area contributed by atoms with Gasteiger partial charge in [-0.25, -0.2) is 0 Å². The van der Waals surface area contributed by atoms with E-state index < -0.39 is 5.97 Å². The summed E-state index contributed by atoms with van der Waals surface area (Å²) in [5.74, 6) is -0.562. The van der Waals surface area contributed by atoms with Crippen LogP contribution in [0.1, 0.15) is 23.5 Å². The second kappa shape index (κ2) is 3.01. The average Bonchev–Trinajstić information content (AvgIpc) is 2.83. The van der Waals surface area contributed by atoms with E-state index in [9.17, 15) is 9.90 Å². The Morgan fingerprint density at radius 3 is 2.71 bits per heavy atom. The first-order valence-corrected chi connectivity index (χ1v) is 4.62. The van der Waals surface area contributed by atoms with Gasteiger partial charge in [0.05, 0.1) is 5.92 Å². The predicted molar refractivity (Wildman–Crippen MR) is 51.3 cm³/mol. The molecule has 14 heavy (non-hydrogen) atoms. The topological polar surface area (TPSA) is 57.5 Å². The van der Waals surface area contributed by atoms with Crippen molar-refractivity contribution in [2.45, 2.75) is 19.3 Å². The molecule has 0 spiro atoms. The summed E-state index contributed by atoms with van der Waals surface area (Å²) < 4.78 is 0. The number of aromatic hydroxyl groups is 1. The molecule has 1 aliphatic carbocycles. The average molecular weight is 192 g/mol. The van der Waals surface area contributed by atoms with E-state index in [-0.39, 0.29) is 17.6 Å².